The first-order chi connectivity index (χ1) is 11.8. The van der Waals surface area contributed by atoms with Crippen LogP contribution in [0.3, 0.4) is 0 Å². The molecule has 1 aromatic carbocycles. The molecule has 6 heteroatoms. The van der Waals surface area contributed by atoms with Gasteiger partial charge >= 0.3 is 0 Å². The lowest BCUT2D eigenvalue weighted by atomic mass is 10.1. The maximum absolute atomic E-state index is 12.0. The van der Waals surface area contributed by atoms with Gasteiger partial charge in [-0.05, 0) is 38.2 Å². The Morgan fingerprint density at radius 1 is 1.29 bits per heavy atom. The van der Waals surface area contributed by atoms with Crippen molar-refractivity contribution in [3.05, 3.63) is 41.7 Å². The summed E-state index contributed by atoms with van der Waals surface area (Å²) in [7, 11) is 0. The number of hydrogen-bond donors (Lipinski definition) is 1. The van der Waals surface area contributed by atoms with Crippen molar-refractivity contribution in [2.45, 2.75) is 50.2 Å². The summed E-state index contributed by atoms with van der Waals surface area (Å²) in [6.07, 6.45) is 4.37. The highest BCUT2D eigenvalue weighted by Gasteiger charge is 2.30. The Bertz CT molecular complexity index is 667. The highest BCUT2D eigenvalue weighted by Crippen LogP contribution is 2.39. The molecule has 1 amide bonds. The number of benzene rings is 1. The van der Waals surface area contributed by atoms with Gasteiger partial charge < -0.3 is 9.88 Å². The normalized spacial score (nSPS) is 13.9. The van der Waals surface area contributed by atoms with Crippen LogP contribution in [-0.4, -0.2) is 33.0 Å². The molecule has 5 nitrogen and oxygen atoms in total. The average Bonchev–Trinajstić information content (AvgIpc) is 3.37. The smallest absolute Gasteiger partial charge is 0.230 e. The van der Waals surface area contributed by atoms with Crippen LogP contribution in [0.25, 0.3) is 0 Å². The first kappa shape index (κ1) is 17.0. The van der Waals surface area contributed by atoms with E-state index in [2.05, 4.69) is 39.1 Å². The van der Waals surface area contributed by atoms with E-state index in [9.17, 15) is 4.79 Å². The summed E-state index contributed by atoms with van der Waals surface area (Å²) in [6, 6.07) is 10.3. The van der Waals surface area contributed by atoms with Crippen LogP contribution in [0, 0.1) is 0 Å². The van der Waals surface area contributed by atoms with Gasteiger partial charge in [-0.3, -0.25) is 4.79 Å². The summed E-state index contributed by atoms with van der Waals surface area (Å²) >= 11 is 1.48. The van der Waals surface area contributed by atoms with Gasteiger partial charge in [0.2, 0.25) is 5.91 Å². The molecule has 0 bridgehead atoms. The molecule has 1 N–H and O–H groups in total. The highest BCUT2D eigenvalue weighted by molar-refractivity contribution is 7.99. The fourth-order valence-corrected chi connectivity index (χ4v) is 3.53. The van der Waals surface area contributed by atoms with Crippen LogP contribution in [0.2, 0.25) is 0 Å². The second kappa shape index (κ2) is 8.33. The number of thioether (sulfide) groups is 1. The quantitative estimate of drug-likeness (QED) is 0.561. The van der Waals surface area contributed by atoms with E-state index in [0.29, 0.717) is 18.2 Å². The molecule has 24 heavy (non-hydrogen) atoms. The van der Waals surface area contributed by atoms with E-state index in [4.69, 9.17) is 0 Å². The zero-order valence-corrected chi connectivity index (χ0v) is 14.9. The zero-order valence-electron chi connectivity index (χ0n) is 14.1. The van der Waals surface area contributed by atoms with Gasteiger partial charge in [0.25, 0.3) is 0 Å². The SMILES string of the molecule is CCn1c(SCC(=O)NCCCc2ccccc2)nnc1C1CC1. The molecule has 0 aliphatic heterocycles. The van der Waals surface area contributed by atoms with Crippen LogP contribution < -0.4 is 5.32 Å². The number of carbonyl (C=O) groups is 1. The van der Waals surface area contributed by atoms with E-state index < -0.39 is 0 Å². The number of hydrogen-bond acceptors (Lipinski definition) is 4. The van der Waals surface area contributed by atoms with Gasteiger partial charge in [0.1, 0.15) is 5.82 Å². The molecule has 1 fully saturated rings. The zero-order chi connectivity index (χ0) is 16.8. The molecule has 1 aliphatic rings. The molecular weight excluding hydrogens is 320 g/mol. The van der Waals surface area contributed by atoms with Gasteiger partial charge in [-0.2, -0.15) is 0 Å². The maximum Gasteiger partial charge on any atom is 0.230 e. The third kappa shape index (κ3) is 4.60. The first-order valence-corrected chi connectivity index (χ1v) is 9.63. The van der Waals surface area contributed by atoms with E-state index in [1.54, 1.807) is 0 Å². The number of nitrogens with zero attached hydrogens (tertiary/aromatic N) is 3. The molecule has 0 unspecified atom stereocenters. The van der Waals surface area contributed by atoms with Gasteiger partial charge in [-0.15, -0.1) is 10.2 Å². The van der Waals surface area contributed by atoms with Crippen molar-refractivity contribution in [2.24, 2.45) is 0 Å². The van der Waals surface area contributed by atoms with Gasteiger partial charge in [-0.25, -0.2) is 0 Å². The highest BCUT2D eigenvalue weighted by atomic mass is 32.2. The molecule has 3 rings (SSSR count). The summed E-state index contributed by atoms with van der Waals surface area (Å²) in [5.74, 6) is 2.13. The maximum atomic E-state index is 12.0. The third-order valence-corrected chi connectivity index (χ3v) is 5.11. The van der Waals surface area contributed by atoms with Crippen molar-refractivity contribution >= 4 is 17.7 Å². The molecule has 1 aromatic heterocycles. The molecule has 0 saturated heterocycles. The predicted octanol–water partition coefficient (Wildman–Crippen LogP) is 3.02. The Morgan fingerprint density at radius 3 is 2.79 bits per heavy atom. The fraction of sp³-hybridized carbons (Fsp3) is 0.500. The minimum absolute atomic E-state index is 0.0617. The number of aromatic nitrogens is 3. The number of aryl methyl sites for hydroxylation is 1. The number of carbonyl (C=O) groups excluding carboxylic acids is 1. The summed E-state index contributed by atoms with van der Waals surface area (Å²) in [5, 5.41) is 12.4. The van der Waals surface area contributed by atoms with Crippen LogP contribution in [0.15, 0.2) is 35.5 Å². The van der Waals surface area contributed by atoms with E-state index in [1.807, 2.05) is 18.2 Å². The molecule has 128 valence electrons. The van der Waals surface area contributed by atoms with E-state index >= 15 is 0 Å². The molecule has 1 saturated carbocycles. The average molecular weight is 344 g/mol. The summed E-state index contributed by atoms with van der Waals surface area (Å²) < 4.78 is 2.14. The van der Waals surface area contributed by atoms with E-state index in [-0.39, 0.29) is 5.91 Å². The lowest BCUT2D eigenvalue weighted by Gasteiger charge is -2.07. The van der Waals surface area contributed by atoms with Crippen LogP contribution in [0.4, 0.5) is 0 Å². The van der Waals surface area contributed by atoms with Crippen LogP contribution >= 0.6 is 11.8 Å². The van der Waals surface area contributed by atoms with Gasteiger partial charge in [0.05, 0.1) is 5.75 Å². The van der Waals surface area contributed by atoms with Crippen LogP contribution in [0.1, 0.15) is 43.5 Å². The minimum Gasteiger partial charge on any atom is -0.355 e. The Balaban J connectivity index is 1.38. The topological polar surface area (TPSA) is 59.8 Å². The predicted molar refractivity (Wildman–Crippen MR) is 96.2 cm³/mol. The van der Waals surface area contributed by atoms with Crippen molar-refractivity contribution in [1.82, 2.24) is 20.1 Å². The molecule has 0 radical (unpaired) electrons. The summed E-state index contributed by atoms with van der Waals surface area (Å²) in [4.78, 5) is 12.0. The molecular formula is C18H24N4OS. The van der Waals surface area contributed by atoms with Gasteiger partial charge in [0.15, 0.2) is 5.16 Å². The molecule has 2 aromatic rings. The molecule has 1 heterocycles. The number of rotatable bonds is 9. The Hall–Kier alpha value is -1.82. The Kier molecular flexibility index (Phi) is 5.91. The standard InChI is InChI=1S/C18H24N4OS/c1-2-22-17(15-10-11-15)20-21-18(22)24-13-16(23)19-12-6-9-14-7-4-3-5-8-14/h3-5,7-8,15H,2,6,9-13H2,1H3,(H,19,23). The molecule has 0 spiro atoms. The second-order valence-electron chi connectivity index (χ2n) is 6.09. The van der Waals surface area contributed by atoms with Crippen molar-refractivity contribution in [3.8, 4) is 0 Å². The van der Waals surface area contributed by atoms with Gasteiger partial charge in [-0.1, -0.05) is 42.1 Å². The second-order valence-corrected chi connectivity index (χ2v) is 7.03. The van der Waals surface area contributed by atoms with Crippen molar-refractivity contribution in [1.29, 1.82) is 0 Å². The van der Waals surface area contributed by atoms with Crippen molar-refractivity contribution < 1.29 is 4.79 Å². The van der Waals surface area contributed by atoms with Crippen LogP contribution in [-0.2, 0) is 17.8 Å². The fourth-order valence-electron chi connectivity index (χ4n) is 2.69. The Morgan fingerprint density at radius 2 is 2.08 bits per heavy atom. The van der Waals surface area contributed by atoms with Crippen molar-refractivity contribution in [3.63, 3.8) is 0 Å². The first-order valence-electron chi connectivity index (χ1n) is 8.64. The lowest BCUT2D eigenvalue weighted by Crippen LogP contribution is -2.26. The summed E-state index contributed by atoms with van der Waals surface area (Å²) in [6.45, 7) is 3.67. The van der Waals surface area contributed by atoms with Gasteiger partial charge in [0, 0.05) is 19.0 Å². The molecule has 1 aliphatic carbocycles. The monoisotopic (exact) mass is 344 g/mol. The lowest BCUT2D eigenvalue weighted by molar-refractivity contribution is -0.118. The van der Waals surface area contributed by atoms with E-state index in [1.165, 1.54) is 30.2 Å². The molecule has 0 atom stereocenters. The summed E-state index contributed by atoms with van der Waals surface area (Å²) in [5.41, 5.74) is 1.31. The Labute approximate surface area is 147 Å². The van der Waals surface area contributed by atoms with Crippen LogP contribution in [0.5, 0.6) is 0 Å². The van der Waals surface area contributed by atoms with Crippen molar-refractivity contribution in [2.75, 3.05) is 12.3 Å². The third-order valence-electron chi connectivity index (χ3n) is 4.14. The number of amides is 1. The van der Waals surface area contributed by atoms with E-state index in [0.717, 1.165) is 30.4 Å². The largest absolute Gasteiger partial charge is 0.355 e. The number of nitrogens with one attached hydrogen (secondary N) is 1. The minimum atomic E-state index is 0.0617.